The van der Waals surface area contributed by atoms with E-state index < -0.39 is 17.9 Å². The van der Waals surface area contributed by atoms with E-state index in [1.807, 2.05) is 0 Å². The molecule has 6 heteroatoms. The first kappa shape index (κ1) is 16.2. The summed E-state index contributed by atoms with van der Waals surface area (Å²) in [6.07, 6.45) is 1.11. The predicted molar refractivity (Wildman–Crippen MR) is 81.2 cm³/mol. The van der Waals surface area contributed by atoms with Crippen molar-refractivity contribution in [3.8, 4) is 0 Å². The lowest BCUT2D eigenvalue weighted by Gasteiger charge is -2.06. The summed E-state index contributed by atoms with van der Waals surface area (Å²) in [4.78, 5) is 32.9. The maximum atomic E-state index is 11.1. The molecule has 0 heterocycles. The molecule has 2 aromatic carbocycles. The molecular weight excluding hydrogens is 300 g/mol. The highest BCUT2D eigenvalue weighted by molar-refractivity contribution is 6.01. The van der Waals surface area contributed by atoms with E-state index in [1.54, 1.807) is 18.2 Å². The number of rotatable bonds is 6. The molecular formula is C17H14O6. The number of aromatic carboxylic acids is 3. The number of hydrogen-bond acceptors (Lipinski definition) is 3. The Morgan fingerprint density at radius 3 is 1.70 bits per heavy atom. The lowest BCUT2D eigenvalue weighted by molar-refractivity contribution is 0.0651. The number of benzene rings is 2. The van der Waals surface area contributed by atoms with E-state index >= 15 is 0 Å². The van der Waals surface area contributed by atoms with Gasteiger partial charge in [0.25, 0.3) is 0 Å². The molecule has 0 aromatic heterocycles. The van der Waals surface area contributed by atoms with E-state index in [-0.39, 0.29) is 16.7 Å². The highest BCUT2D eigenvalue weighted by atomic mass is 16.4. The first-order valence-electron chi connectivity index (χ1n) is 6.80. The smallest absolute Gasteiger partial charge is 0.336 e. The van der Waals surface area contributed by atoms with Crippen molar-refractivity contribution in [3.63, 3.8) is 0 Å². The van der Waals surface area contributed by atoms with Crippen molar-refractivity contribution >= 4 is 17.9 Å². The average molecular weight is 314 g/mol. The van der Waals surface area contributed by atoms with Crippen LogP contribution in [0.25, 0.3) is 0 Å². The van der Waals surface area contributed by atoms with Crippen LogP contribution in [0.4, 0.5) is 0 Å². The Hall–Kier alpha value is -3.15. The Morgan fingerprint density at radius 2 is 1.17 bits per heavy atom. The Kier molecular flexibility index (Phi) is 4.75. The van der Waals surface area contributed by atoms with Crippen LogP contribution in [0.3, 0.4) is 0 Å². The van der Waals surface area contributed by atoms with Gasteiger partial charge in [0, 0.05) is 0 Å². The number of aryl methyl sites for hydroxylation is 2. The largest absolute Gasteiger partial charge is 0.478 e. The zero-order chi connectivity index (χ0) is 17.0. The normalized spacial score (nSPS) is 10.3. The monoisotopic (exact) mass is 314 g/mol. The fourth-order valence-corrected chi connectivity index (χ4v) is 2.21. The van der Waals surface area contributed by atoms with Crippen LogP contribution in [0, 0.1) is 0 Å². The van der Waals surface area contributed by atoms with E-state index in [1.165, 1.54) is 24.3 Å². The molecule has 0 bridgehead atoms. The Morgan fingerprint density at radius 1 is 0.652 bits per heavy atom. The topological polar surface area (TPSA) is 112 Å². The van der Waals surface area contributed by atoms with E-state index in [0.717, 1.165) is 5.56 Å². The zero-order valence-corrected chi connectivity index (χ0v) is 12.0. The number of carboxylic acid groups (broad SMARTS) is 3. The highest BCUT2D eigenvalue weighted by Gasteiger charge is 2.16. The third-order valence-electron chi connectivity index (χ3n) is 3.45. The fourth-order valence-electron chi connectivity index (χ4n) is 2.21. The molecule has 0 amide bonds. The van der Waals surface area contributed by atoms with Crippen molar-refractivity contribution in [2.45, 2.75) is 12.8 Å². The third kappa shape index (κ3) is 3.94. The molecule has 0 atom stereocenters. The van der Waals surface area contributed by atoms with E-state index in [2.05, 4.69) is 0 Å². The standard InChI is InChI=1S/C17H14O6/c18-15(19)12-6-3-10(4-7-12)1-2-11-5-8-13(16(20)21)14(9-11)17(22)23/h3-9H,1-2H2,(H,18,19)(H,20,21)(H,22,23). The van der Waals surface area contributed by atoms with Gasteiger partial charge in [0.15, 0.2) is 0 Å². The van der Waals surface area contributed by atoms with Gasteiger partial charge in [0.1, 0.15) is 0 Å². The van der Waals surface area contributed by atoms with Gasteiger partial charge in [-0.25, -0.2) is 14.4 Å². The summed E-state index contributed by atoms with van der Waals surface area (Å²) >= 11 is 0. The fraction of sp³-hybridized carbons (Fsp3) is 0.118. The van der Waals surface area contributed by atoms with E-state index in [9.17, 15) is 14.4 Å². The number of hydrogen-bond donors (Lipinski definition) is 3. The minimum Gasteiger partial charge on any atom is -0.478 e. The second-order valence-electron chi connectivity index (χ2n) is 4.99. The molecule has 0 fully saturated rings. The van der Waals surface area contributed by atoms with Crippen LogP contribution >= 0.6 is 0 Å². The summed E-state index contributed by atoms with van der Waals surface area (Å²) in [5.41, 5.74) is 1.33. The SMILES string of the molecule is O=C(O)c1ccc(CCc2ccc(C(=O)O)c(C(=O)O)c2)cc1. The molecule has 0 saturated heterocycles. The minimum absolute atomic E-state index is 0.202. The number of carbonyl (C=O) groups is 3. The van der Waals surface area contributed by atoms with Crippen LogP contribution in [-0.2, 0) is 12.8 Å². The second-order valence-corrected chi connectivity index (χ2v) is 4.99. The Bertz CT molecular complexity index is 761. The molecule has 2 aromatic rings. The van der Waals surface area contributed by atoms with Crippen LogP contribution in [0.15, 0.2) is 42.5 Å². The maximum Gasteiger partial charge on any atom is 0.336 e. The Labute approximate surface area is 131 Å². The second kappa shape index (κ2) is 6.74. The molecule has 0 aliphatic heterocycles. The van der Waals surface area contributed by atoms with Crippen LogP contribution in [-0.4, -0.2) is 33.2 Å². The van der Waals surface area contributed by atoms with Crippen molar-refractivity contribution in [2.75, 3.05) is 0 Å². The van der Waals surface area contributed by atoms with Gasteiger partial charge < -0.3 is 15.3 Å². The minimum atomic E-state index is -1.28. The Balaban J connectivity index is 2.14. The first-order valence-corrected chi connectivity index (χ1v) is 6.80. The van der Waals surface area contributed by atoms with Crippen molar-refractivity contribution < 1.29 is 29.7 Å². The van der Waals surface area contributed by atoms with Crippen molar-refractivity contribution in [1.29, 1.82) is 0 Å². The summed E-state index contributed by atoms with van der Waals surface area (Å²) < 4.78 is 0. The summed E-state index contributed by atoms with van der Waals surface area (Å²) in [5, 5.41) is 26.9. The highest BCUT2D eigenvalue weighted by Crippen LogP contribution is 2.15. The summed E-state index contributed by atoms with van der Waals surface area (Å²) in [6, 6.07) is 10.6. The van der Waals surface area contributed by atoms with Crippen LogP contribution in [0.5, 0.6) is 0 Å². The summed E-state index contributed by atoms with van der Waals surface area (Å²) in [7, 11) is 0. The van der Waals surface area contributed by atoms with Crippen molar-refractivity contribution in [2.24, 2.45) is 0 Å². The van der Waals surface area contributed by atoms with Crippen LogP contribution in [0.2, 0.25) is 0 Å². The van der Waals surface area contributed by atoms with E-state index in [4.69, 9.17) is 15.3 Å². The van der Waals surface area contributed by atoms with Gasteiger partial charge >= 0.3 is 17.9 Å². The van der Waals surface area contributed by atoms with E-state index in [0.29, 0.717) is 18.4 Å². The summed E-state index contributed by atoms with van der Waals surface area (Å²) in [6.45, 7) is 0. The molecule has 0 aliphatic rings. The van der Waals surface area contributed by atoms with Crippen LogP contribution < -0.4 is 0 Å². The van der Waals surface area contributed by atoms with Crippen molar-refractivity contribution in [1.82, 2.24) is 0 Å². The molecule has 6 nitrogen and oxygen atoms in total. The van der Waals surface area contributed by atoms with Gasteiger partial charge in [-0.1, -0.05) is 18.2 Å². The quantitative estimate of drug-likeness (QED) is 0.755. The molecule has 0 spiro atoms. The predicted octanol–water partition coefficient (Wildman–Crippen LogP) is 2.57. The molecule has 0 unspecified atom stereocenters. The lowest BCUT2D eigenvalue weighted by Crippen LogP contribution is -2.09. The molecule has 0 saturated carbocycles. The number of carboxylic acids is 3. The molecule has 2 rings (SSSR count). The van der Waals surface area contributed by atoms with Gasteiger partial charge in [-0.2, -0.15) is 0 Å². The lowest BCUT2D eigenvalue weighted by atomic mass is 9.99. The van der Waals surface area contributed by atoms with Gasteiger partial charge in [-0.05, 0) is 48.2 Å². The summed E-state index contributed by atoms with van der Waals surface area (Å²) in [5.74, 6) is -3.56. The molecule has 0 aliphatic carbocycles. The van der Waals surface area contributed by atoms with Crippen LogP contribution in [0.1, 0.15) is 42.2 Å². The van der Waals surface area contributed by atoms with Gasteiger partial charge in [0.2, 0.25) is 0 Å². The van der Waals surface area contributed by atoms with Gasteiger partial charge in [-0.15, -0.1) is 0 Å². The third-order valence-corrected chi connectivity index (χ3v) is 3.45. The van der Waals surface area contributed by atoms with Gasteiger partial charge in [0.05, 0.1) is 16.7 Å². The molecule has 118 valence electrons. The molecule has 23 heavy (non-hydrogen) atoms. The average Bonchev–Trinajstić information content (AvgIpc) is 2.52. The molecule has 3 N–H and O–H groups in total. The zero-order valence-electron chi connectivity index (χ0n) is 12.0. The first-order chi connectivity index (χ1) is 10.9. The maximum absolute atomic E-state index is 11.1. The van der Waals surface area contributed by atoms with Crippen molar-refractivity contribution in [3.05, 3.63) is 70.3 Å². The van der Waals surface area contributed by atoms with Gasteiger partial charge in [-0.3, -0.25) is 0 Å². The molecule has 0 radical (unpaired) electrons.